The Balaban J connectivity index is 2.08. The normalized spacial score (nSPS) is 10.3. The van der Waals surface area contributed by atoms with Crippen LogP contribution < -0.4 is 15.4 Å². The molecule has 0 aromatic heterocycles. The molecule has 2 N–H and O–H groups in total. The Morgan fingerprint density at radius 2 is 1.57 bits per heavy atom. The molecule has 2 aromatic carbocycles. The van der Waals surface area contributed by atoms with Gasteiger partial charge in [-0.05, 0) is 54.0 Å². The van der Waals surface area contributed by atoms with Crippen LogP contribution in [-0.2, 0) is 0 Å². The van der Waals surface area contributed by atoms with E-state index in [0.29, 0.717) is 17.1 Å². The van der Waals surface area contributed by atoms with Crippen LogP contribution >= 0.6 is 15.9 Å². The van der Waals surface area contributed by atoms with Crippen LogP contribution in [0.15, 0.2) is 53.0 Å². The minimum Gasteiger partial charge on any atom is -0.489 e. The van der Waals surface area contributed by atoms with E-state index in [1.54, 1.807) is 6.07 Å². The van der Waals surface area contributed by atoms with E-state index in [4.69, 9.17) is 4.74 Å². The van der Waals surface area contributed by atoms with Crippen LogP contribution in [0.1, 0.15) is 13.8 Å². The third-order valence-electron chi connectivity index (χ3n) is 2.62. The van der Waals surface area contributed by atoms with E-state index >= 15 is 0 Å². The fourth-order valence-electron chi connectivity index (χ4n) is 1.77. The first-order chi connectivity index (χ1) is 10.1. The molecule has 0 radical (unpaired) electrons. The number of anilines is 2. The fourth-order valence-corrected chi connectivity index (χ4v) is 2.15. The van der Waals surface area contributed by atoms with Crippen molar-refractivity contribution in [2.75, 3.05) is 10.6 Å². The van der Waals surface area contributed by atoms with E-state index in [-0.39, 0.29) is 12.1 Å². The molecular weight excluding hydrogens is 332 g/mol. The topological polar surface area (TPSA) is 50.4 Å². The molecule has 0 atom stereocenters. The van der Waals surface area contributed by atoms with Crippen molar-refractivity contribution in [2.24, 2.45) is 0 Å². The molecular formula is C16H17BrN2O2. The molecule has 2 rings (SSSR count). The van der Waals surface area contributed by atoms with E-state index in [9.17, 15) is 4.79 Å². The SMILES string of the molecule is CC(C)Oc1ccccc1NC(=O)Nc1ccccc1Br. The third kappa shape index (κ3) is 4.49. The smallest absolute Gasteiger partial charge is 0.323 e. The van der Waals surface area contributed by atoms with Crippen molar-refractivity contribution in [2.45, 2.75) is 20.0 Å². The van der Waals surface area contributed by atoms with Crippen molar-refractivity contribution >= 4 is 33.3 Å². The van der Waals surface area contributed by atoms with Gasteiger partial charge in [-0.3, -0.25) is 0 Å². The zero-order chi connectivity index (χ0) is 15.2. The van der Waals surface area contributed by atoms with Crippen molar-refractivity contribution < 1.29 is 9.53 Å². The molecule has 0 aliphatic heterocycles. The van der Waals surface area contributed by atoms with Gasteiger partial charge < -0.3 is 15.4 Å². The van der Waals surface area contributed by atoms with Gasteiger partial charge in [-0.15, -0.1) is 0 Å². The summed E-state index contributed by atoms with van der Waals surface area (Å²) in [6, 6.07) is 14.5. The lowest BCUT2D eigenvalue weighted by atomic mass is 10.3. The molecule has 0 fully saturated rings. The lowest BCUT2D eigenvalue weighted by Crippen LogP contribution is -2.20. The maximum atomic E-state index is 12.1. The van der Waals surface area contributed by atoms with Gasteiger partial charge in [0.25, 0.3) is 0 Å². The first kappa shape index (κ1) is 15.4. The van der Waals surface area contributed by atoms with Crippen molar-refractivity contribution in [3.63, 3.8) is 0 Å². The molecule has 4 nitrogen and oxygen atoms in total. The predicted molar refractivity (Wildman–Crippen MR) is 89.0 cm³/mol. The highest BCUT2D eigenvalue weighted by Crippen LogP contribution is 2.26. The summed E-state index contributed by atoms with van der Waals surface area (Å²) < 4.78 is 6.49. The second-order valence-electron chi connectivity index (χ2n) is 4.72. The minimum atomic E-state index is -0.318. The van der Waals surface area contributed by atoms with Gasteiger partial charge in [-0.25, -0.2) is 4.79 Å². The van der Waals surface area contributed by atoms with Gasteiger partial charge in [0, 0.05) is 4.47 Å². The average molecular weight is 349 g/mol. The number of hydrogen-bond donors (Lipinski definition) is 2. The number of urea groups is 1. The second kappa shape index (κ2) is 7.13. The molecule has 0 bridgehead atoms. The van der Waals surface area contributed by atoms with E-state index in [0.717, 1.165) is 4.47 Å². The molecule has 0 saturated heterocycles. The van der Waals surface area contributed by atoms with Crippen molar-refractivity contribution in [3.8, 4) is 5.75 Å². The molecule has 0 unspecified atom stereocenters. The Labute approximate surface area is 132 Å². The molecule has 0 saturated carbocycles. The predicted octanol–water partition coefficient (Wildman–Crippen LogP) is 4.88. The van der Waals surface area contributed by atoms with Crippen LogP contribution in [0.3, 0.4) is 0 Å². The molecule has 21 heavy (non-hydrogen) atoms. The summed E-state index contributed by atoms with van der Waals surface area (Å²) in [7, 11) is 0. The van der Waals surface area contributed by atoms with E-state index in [2.05, 4.69) is 26.6 Å². The fraction of sp³-hybridized carbons (Fsp3) is 0.188. The van der Waals surface area contributed by atoms with Gasteiger partial charge in [0.15, 0.2) is 0 Å². The number of hydrogen-bond acceptors (Lipinski definition) is 2. The Bertz CT molecular complexity index is 629. The molecule has 2 amide bonds. The number of benzene rings is 2. The number of carbonyl (C=O) groups excluding carboxylic acids is 1. The second-order valence-corrected chi connectivity index (χ2v) is 5.58. The Morgan fingerprint density at radius 3 is 2.24 bits per heavy atom. The molecule has 0 aliphatic rings. The van der Waals surface area contributed by atoms with Gasteiger partial charge in [0.2, 0.25) is 0 Å². The number of ether oxygens (including phenoxy) is 1. The summed E-state index contributed by atoms with van der Waals surface area (Å²) in [6.07, 6.45) is 0.0410. The summed E-state index contributed by atoms with van der Waals surface area (Å²) in [5, 5.41) is 5.58. The highest BCUT2D eigenvalue weighted by molar-refractivity contribution is 9.10. The van der Waals surface area contributed by atoms with Gasteiger partial charge in [-0.2, -0.15) is 0 Å². The first-order valence-electron chi connectivity index (χ1n) is 6.64. The maximum absolute atomic E-state index is 12.1. The molecule has 5 heteroatoms. The van der Waals surface area contributed by atoms with Gasteiger partial charge in [0.05, 0.1) is 17.5 Å². The molecule has 2 aromatic rings. The van der Waals surface area contributed by atoms with Crippen molar-refractivity contribution in [1.82, 2.24) is 0 Å². The maximum Gasteiger partial charge on any atom is 0.323 e. The Hall–Kier alpha value is -2.01. The number of halogens is 1. The number of carbonyl (C=O) groups is 1. The molecule has 0 aliphatic carbocycles. The quantitative estimate of drug-likeness (QED) is 0.827. The number of amides is 2. The van der Waals surface area contributed by atoms with Crippen molar-refractivity contribution in [1.29, 1.82) is 0 Å². The zero-order valence-electron chi connectivity index (χ0n) is 11.9. The molecule has 0 spiro atoms. The van der Waals surface area contributed by atoms with Crippen LogP contribution in [0.25, 0.3) is 0 Å². The summed E-state index contributed by atoms with van der Waals surface area (Å²) >= 11 is 3.39. The first-order valence-corrected chi connectivity index (χ1v) is 7.44. The Kier molecular flexibility index (Phi) is 5.22. The van der Waals surface area contributed by atoms with E-state index < -0.39 is 0 Å². The lowest BCUT2D eigenvalue weighted by molar-refractivity contribution is 0.243. The Morgan fingerprint density at radius 1 is 1.00 bits per heavy atom. The monoisotopic (exact) mass is 348 g/mol. The van der Waals surface area contributed by atoms with Crippen molar-refractivity contribution in [3.05, 3.63) is 53.0 Å². The standard InChI is InChI=1S/C16H17BrN2O2/c1-11(2)21-15-10-6-5-9-14(15)19-16(20)18-13-8-4-3-7-12(13)17/h3-11H,1-2H3,(H2,18,19,20). The largest absolute Gasteiger partial charge is 0.489 e. The van der Waals surface area contributed by atoms with Crippen LogP contribution in [0.4, 0.5) is 16.2 Å². The summed E-state index contributed by atoms with van der Waals surface area (Å²) in [6.45, 7) is 3.88. The summed E-state index contributed by atoms with van der Waals surface area (Å²) in [5.41, 5.74) is 1.34. The number of rotatable bonds is 4. The average Bonchev–Trinajstić information content (AvgIpc) is 2.43. The van der Waals surface area contributed by atoms with Crippen LogP contribution in [-0.4, -0.2) is 12.1 Å². The summed E-state index contributed by atoms with van der Waals surface area (Å²) in [5.74, 6) is 0.648. The van der Waals surface area contributed by atoms with Crippen LogP contribution in [0.2, 0.25) is 0 Å². The van der Waals surface area contributed by atoms with Crippen LogP contribution in [0, 0.1) is 0 Å². The lowest BCUT2D eigenvalue weighted by Gasteiger charge is -2.15. The minimum absolute atomic E-state index is 0.0410. The van der Waals surface area contributed by atoms with Gasteiger partial charge in [0.1, 0.15) is 5.75 Å². The molecule has 110 valence electrons. The van der Waals surface area contributed by atoms with Gasteiger partial charge >= 0.3 is 6.03 Å². The highest BCUT2D eigenvalue weighted by Gasteiger charge is 2.09. The van der Waals surface area contributed by atoms with Gasteiger partial charge in [-0.1, -0.05) is 24.3 Å². The molecule has 0 heterocycles. The zero-order valence-corrected chi connectivity index (χ0v) is 13.5. The number of para-hydroxylation sites is 3. The van der Waals surface area contributed by atoms with E-state index in [1.165, 1.54) is 0 Å². The number of nitrogens with one attached hydrogen (secondary N) is 2. The highest BCUT2D eigenvalue weighted by atomic mass is 79.9. The summed E-state index contributed by atoms with van der Waals surface area (Å²) in [4.78, 5) is 12.1. The third-order valence-corrected chi connectivity index (χ3v) is 3.31. The van der Waals surface area contributed by atoms with Crippen LogP contribution in [0.5, 0.6) is 5.75 Å². The van der Waals surface area contributed by atoms with E-state index in [1.807, 2.05) is 56.3 Å².